The van der Waals surface area contributed by atoms with Crippen molar-refractivity contribution in [1.29, 1.82) is 0 Å². The van der Waals surface area contributed by atoms with Gasteiger partial charge >= 0.3 is 5.63 Å². The predicted molar refractivity (Wildman–Crippen MR) is 87.5 cm³/mol. The first kappa shape index (κ1) is 13.0. The van der Waals surface area contributed by atoms with Crippen molar-refractivity contribution >= 4 is 32.3 Å². The lowest BCUT2D eigenvalue weighted by atomic mass is 10.2. The molecule has 0 saturated carbocycles. The van der Waals surface area contributed by atoms with Crippen LogP contribution in [0.2, 0.25) is 0 Å². The Labute approximate surface area is 129 Å². The summed E-state index contributed by atoms with van der Waals surface area (Å²) in [6.45, 7) is 1.91. The first-order chi connectivity index (χ1) is 10.6. The van der Waals surface area contributed by atoms with Crippen LogP contribution in [0.3, 0.4) is 0 Å². The number of benzene rings is 2. The van der Waals surface area contributed by atoms with Gasteiger partial charge in [0.25, 0.3) is 0 Å². The monoisotopic (exact) mass is 309 g/mol. The maximum atomic E-state index is 12.2. The highest BCUT2D eigenvalue weighted by Crippen LogP contribution is 2.42. The fourth-order valence-corrected chi connectivity index (χ4v) is 3.48. The molecule has 0 atom stereocenters. The van der Waals surface area contributed by atoms with Crippen molar-refractivity contribution in [2.45, 2.75) is 6.92 Å². The third-order valence-corrected chi connectivity index (χ3v) is 4.69. The van der Waals surface area contributed by atoms with Crippen LogP contribution in [0.15, 0.2) is 51.7 Å². The van der Waals surface area contributed by atoms with E-state index < -0.39 is 5.63 Å². The number of nitrogens with zero attached hydrogens (tertiary/aromatic N) is 1. The van der Waals surface area contributed by atoms with Gasteiger partial charge in [-0.1, -0.05) is 23.8 Å². The molecule has 0 spiro atoms. The van der Waals surface area contributed by atoms with E-state index in [0.29, 0.717) is 15.8 Å². The van der Waals surface area contributed by atoms with Gasteiger partial charge in [-0.2, -0.15) is 0 Å². The Morgan fingerprint density at radius 3 is 2.77 bits per heavy atom. The van der Waals surface area contributed by atoms with E-state index in [1.54, 1.807) is 12.1 Å². The van der Waals surface area contributed by atoms with E-state index in [1.165, 1.54) is 11.3 Å². The van der Waals surface area contributed by atoms with Crippen molar-refractivity contribution in [3.8, 4) is 16.5 Å². The SMILES string of the molecule is Cc1ccc2nc(-c3sc4ccccc4c3O)oc(=O)c2c1. The minimum absolute atomic E-state index is 0.0997. The molecule has 0 fully saturated rings. The third kappa shape index (κ3) is 1.90. The van der Waals surface area contributed by atoms with E-state index in [2.05, 4.69) is 4.98 Å². The van der Waals surface area contributed by atoms with Crippen molar-refractivity contribution in [2.24, 2.45) is 0 Å². The maximum absolute atomic E-state index is 12.2. The number of hydrogen-bond donors (Lipinski definition) is 1. The number of aromatic nitrogens is 1. The van der Waals surface area contributed by atoms with Gasteiger partial charge in [-0.15, -0.1) is 11.3 Å². The van der Waals surface area contributed by atoms with Crippen LogP contribution in [0.1, 0.15) is 5.56 Å². The number of fused-ring (bicyclic) bond motifs is 2. The summed E-state index contributed by atoms with van der Waals surface area (Å²) in [4.78, 5) is 17.0. The van der Waals surface area contributed by atoms with Gasteiger partial charge in [0.1, 0.15) is 10.6 Å². The van der Waals surface area contributed by atoms with Crippen molar-refractivity contribution in [3.05, 3.63) is 58.4 Å². The van der Waals surface area contributed by atoms with Gasteiger partial charge in [0.05, 0.1) is 10.9 Å². The normalized spacial score (nSPS) is 11.3. The van der Waals surface area contributed by atoms with Crippen molar-refractivity contribution in [2.75, 3.05) is 0 Å². The third-order valence-electron chi connectivity index (χ3n) is 3.55. The number of thiophene rings is 1. The summed E-state index contributed by atoms with van der Waals surface area (Å²) >= 11 is 1.35. The molecule has 4 nitrogen and oxygen atoms in total. The second kappa shape index (κ2) is 4.68. The molecule has 0 bridgehead atoms. The summed E-state index contributed by atoms with van der Waals surface area (Å²) in [5.41, 5.74) is 1.09. The minimum Gasteiger partial charge on any atom is -0.506 e. The van der Waals surface area contributed by atoms with Crippen LogP contribution < -0.4 is 5.63 Å². The fourth-order valence-electron chi connectivity index (χ4n) is 2.46. The largest absolute Gasteiger partial charge is 0.506 e. The maximum Gasteiger partial charge on any atom is 0.347 e. The highest BCUT2D eigenvalue weighted by atomic mass is 32.1. The number of aryl methyl sites for hydroxylation is 1. The first-order valence-corrected chi connectivity index (χ1v) is 7.57. The molecular weight excluding hydrogens is 298 g/mol. The molecule has 0 saturated heterocycles. The van der Waals surface area contributed by atoms with Crippen LogP contribution in [-0.2, 0) is 0 Å². The van der Waals surface area contributed by atoms with Crippen LogP contribution in [0.25, 0.3) is 31.8 Å². The molecule has 0 amide bonds. The fraction of sp³-hybridized carbons (Fsp3) is 0.0588. The molecule has 0 radical (unpaired) electrons. The Bertz CT molecular complexity index is 1080. The topological polar surface area (TPSA) is 63.3 Å². The molecule has 108 valence electrons. The zero-order valence-corrected chi connectivity index (χ0v) is 12.5. The Hall–Kier alpha value is -2.66. The second-order valence-corrected chi connectivity index (χ2v) is 6.16. The van der Waals surface area contributed by atoms with Gasteiger partial charge in [-0.05, 0) is 31.2 Å². The zero-order chi connectivity index (χ0) is 15.3. The molecule has 5 heteroatoms. The van der Waals surface area contributed by atoms with Gasteiger partial charge in [0.2, 0.25) is 5.89 Å². The second-order valence-electron chi connectivity index (χ2n) is 5.10. The molecule has 2 aromatic carbocycles. The molecule has 2 aromatic heterocycles. The van der Waals surface area contributed by atoms with Gasteiger partial charge in [0, 0.05) is 10.1 Å². The van der Waals surface area contributed by atoms with Crippen LogP contribution in [-0.4, -0.2) is 10.1 Å². The summed E-state index contributed by atoms with van der Waals surface area (Å²) < 4.78 is 6.25. The van der Waals surface area contributed by atoms with Gasteiger partial charge < -0.3 is 9.52 Å². The molecule has 4 rings (SSSR count). The molecule has 4 aromatic rings. The summed E-state index contributed by atoms with van der Waals surface area (Å²) in [5, 5.41) is 11.5. The molecule has 22 heavy (non-hydrogen) atoms. The van der Waals surface area contributed by atoms with Gasteiger partial charge in [-0.25, -0.2) is 9.78 Å². The standard InChI is InChI=1S/C17H11NO3S/c1-9-6-7-12-11(8-9)17(20)21-16(18-12)15-14(19)10-4-2-3-5-13(10)22-15/h2-8,19H,1H3. The summed E-state index contributed by atoms with van der Waals surface area (Å²) in [6, 6.07) is 12.9. The number of aromatic hydroxyl groups is 1. The molecule has 2 heterocycles. The lowest BCUT2D eigenvalue weighted by Gasteiger charge is -2.01. The van der Waals surface area contributed by atoms with Crippen LogP contribution in [0, 0.1) is 6.92 Å². The van der Waals surface area contributed by atoms with E-state index in [9.17, 15) is 9.90 Å². The van der Waals surface area contributed by atoms with E-state index in [4.69, 9.17) is 4.42 Å². The summed E-state index contributed by atoms with van der Waals surface area (Å²) in [7, 11) is 0. The molecule has 0 aliphatic carbocycles. The van der Waals surface area contributed by atoms with Gasteiger partial charge in [-0.3, -0.25) is 0 Å². The van der Waals surface area contributed by atoms with Crippen molar-refractivity contribution in [1.82, 2.24) is 4.98 Å². The first-order valence-electron chi connectivity index (χ1n) is 6.76. The Morgan fingerprint density at radius 1 is 1.14 bits per heavy atom. The minimum atomic E-state index is -0.444. The number of hydrogen-bond acceptors (Lipinski definition) is 5. The highest BCUT2D eigenvalue weighted by Gasteiger charge is 2.17. The molecule has 1 N–H and O–H groups in total. The highest BCUT2D eigenvalue weighted by molar-refractivity contribution is 7.22. The summed E-state index contributed by atoms with van der Waals surface area (Å²) in [6.07, 6.45) is 0. The van der Waals surface area contributed by atoms with Crippen LogP contribution in [0.5, 0.6) is 5.75 Å². The van der Waals surface area contributed by atoms with Gasteiger partial charge in [0.15, 0.2) is 0 Å². The molecule has 0 aliphatic heterocycles. The van der Waals surface area contributed by atoms with E-state index >= 15 is 0 Å². The average molecular weight is 309 g/mol. The van der Waals surface area contributed by atoms with Crippen LogP contribution >= 0.6 is 11.3 Å². The Balaban J connectivity index is 2.02. The molecule has 0 unspecified atom stereocenters. The molecule has 0 aliphatic rings. The quantitative estimate of drug-likeness (QED) is 0.575. The van der Waals surface area contributed by atoms with E-state index in [0.717, 1.165) is 15.6 Å². The van der Waals surface area contributed by atoms with Crippen molar-refractivity contribution in [3.63, 3.8) is 0 Å². The lowest BCUT2D eigenvalue weighted by molar-refractivity contribution is 0.476. The Morgan fingerprint density at radius 2 is 1.95 bits per heavy atom. The Kier molecular flexibility index (Phi) is 2.77. The molecular formula is C17H11NO3S. The van der Waals surface area contributed by atoms with E-state index in [1.807, 2.05) is 37.3 Å². The summed E-state index contributed by atoms with van der Waals surface area (Å²) in [5.74, 6) is 0.253. The lowest BCUT2D eigenvalue weighted by Crippen LogP contribution is -2.02. The zero-order valence-electron chi connectivity index (χ0n) is 11.7. The van der Waals surface area contributed by atoms with Crippen LogP contribution in [0.4, 0.5) is 0 Å². The number of rotatable bonds is 1. The predicted octanol–water partition coefficient (Wildman–Crippen LogP) is 4.08. The van der Waals surface area contributed by atoms with Crippen molar-refractivity contribution < 1.29 is 9.52 Å². The smallest absolute Gasteiger partial charge is 0.347 e. The average Bonchev–Trinajstić information content (AvgIpc) is 2.85. The van der Waals surface area contributed by atoms with E-state index in [-0.39, 0.29) is 11.6 Å².